The molecule has 101 heavy (non-hydrogen) atoms. The monoisotopic (exact) mass is 1420 g/mol. The first-order chi connectivity index (χ1) is 47.3. The van der Waals surface area contributed by atoms with Crippen LogP contribution in [0.5, 0.6) is 0 Å². The number of nitrogens with one attached hydrogen (secondary N) is 14. The molecule has 2 aromatic rings. The van der Waals surface area contributed by atoms with E-state index in [1.807, 2.05) is 5.32 Å². The van der Waals surface area contributed by atoms with E-state index >= 15 is 14.4 Å². The Morgan fingerprint density at radius 3 is 1.71 bits per heavy atom. The van der Waals surface area contributed by atoms with Crippen molar-refractivity contribution in [3.63, 3.8) is 0 Å². The number of hydrogen-bond donors (Lipinski definition) is 20. The third-order valence-electron chi connectivity index (χ3n) is 16.2. The van der Waals surface area contributed by atoms with E-state index in [0.717, 1.165) is 6.92 Å². The Bertz CT molecular complexity index is 3150. The van der Waals surface area contributed by atoms with E-state index in [2.05, 4.69) is 63.8 Å². The molecule has 1 fully saturated rings. The number of rotatable bonds is 25. The molecule has 3 rings (SSSR count). The minimum atomic E-state index is -2.58. The van der Waals surface area contributed by atoms with Crippen molar-refractivity contribution in [1.82, 2.24) is 69.1 Å². The third-order valence-corrected chi connectivity index (χ3v) is 16.2. The van der Waals surface area contributed by atoms with Crippen molar-refractivity contribution in [2.45, 2.75) is 213 Å². The fourth-order valence-corrected chi connectivity index (χ4v) is 10.5. The van der Waals surface area contributed by atoms with Crippen LogP contribution in [0.15, 0.2) is 60.7 Å². The smallest absolute Gasteiger partial charge is 0.408 e. The molecule has 0 bridgehead atoms. The molecule has 0 unspecified atom stereocenters. The number of alkyl carbamates (subject to hydrolysis) is 1. The molecule has 0 radical (unpaired) electrons. The Morgan fingerprint density at radius 1 is 0.624 bits per heavy atom. The molecule has 13 amide bonds. The molecule has 34 heteroatoms. The predicted octanol–water partition coefficient (Wildman–Crippen LogP) is -3.29. The molecule has 34 nitrogen and oxygen atoms in total. The number of hydrogen-bond acceptors (Lipinski definition) is 19. The highest BCUT2D eigenvalue weighted by atomic mass is 16.5. The lowest BCUT2D eigenvalue weighted by atomic mass is 9.87. The van der Waals surface area contributed by atoms with Crippen LogP contribution in [0.4, 0.5) is 4.79 Å². The van der Waals surface area contributed by atoms with Gasteiger partial charge < -0.3 is 106 Å². The Hall–Kier alpha value is -9.54. The highest BCUT2D eigenvalue weighted by Gasteiger charge is 2.43. The molecular formula is C67H106N16O18. The van der Waals surface area contributed by atoms with Crippen molar-refractivity contribution in [1.29, 1.82) is 5.41 Å². The van der Waals surface area contributed by atoms with Crippen LogP contribution in [-0.4, -0.2) is 202 Å². The molecular weight excluding hydrogens is 1320 g/mol. The average Bonchev–Trinajstić information content (AvgIpc) is 0.814. The lowest BCUT2D eigenvalue weighted by molar-refractivity contribution is -0.140. The van der Waals surface area contributed by atoms with E-state index in [1.54, 1.807) is 92.6 Å². The number of aliphatic hydroxyl groups excluding tert-OH is 4. The summed E-state index contributed by atoms with van der Waals surface area (Å²) in [5, 5.41) is 84.2. The van der Waals surface area contributed by atoms with E-state index in [9.17, 15) is 68.4 Å². The summed E-state index contributed by atoms with van der Waals surface area (Å²) in [6.07, 6.45) is -7.35. The molecule has 0 aliphatic carbocycles. The van der Waals surface area contributed by atoms with Crippen LogP contribution in [-0.2, 0) is 68.9 Å². The summed E-state index contributed by atoms with van der Waals surface area (Å²) in [6, 6.07) is -4.16. The maximum atomic E-state index is 15.7. The van der Waals surface area contributed by atoms with Crippen molar-refractivity contribution in [2.24, 2.45) is 40.6 Å². The summed E-state index contributed by atoms with van der Waals surface area (Å²) in [4.78, 5) is 186. The van der Waals surface area contributed by atoms with Gasteiger partial charge >= 0.3 is 6.09 Å². The van der Waals surface area contributed by atoms with Gasteiger partial charge in [-0.25, -0.2) is 4.79 Å². The largest absolute Gasteiger partial charge is 0.445 e. The van der Waals surface area contributed by atoms with E-state index in [4.69, 9.17) is 21.6 Å². The van der Waals surface area contributed by atoms with E-state index in [0.29, 0.717) is 5.56 Å². The molecule has 0 saturated carbocycles. The first-order valence-corrected chi connectivity index (χ1v) is 33.6. The lowest BCUT2D eigenvalue weighted by Crippen LogP contribution is -2.65. The van der Waals surface area contributed by atoms with Crippen LogP contribution in [0.1, 0.15) is 139 Å². The number of aliphatic hydroxyl groups is 4. The van der Waals surface area contributed by atoms with Gasteiger partial charge in [0.2, 0.25) is 70.9 Å². The Labute approximate surface area is 587 Å². The zero-order chi connectivity index (χ0) is 76.2. The van der Waals surface area contributed by atoms with Crippen LogP contribution < -0.4 is 80.6 Å². The second-order valence-corrected chi connectivity index (χ2v) is 27.5. The quantitative estimate of drug-likeness (QED) is 0.0263. The Kier molecular flexibility index (Phi) is 35.0. The minimum absolute atomic E-state index is 0.000923. The van der Waals surface area contributed by atoms with Gasteiger partial charge in [-0.3, -0.25) is 62.9 Å². The number of amides is 13. The zero-order valence-electron chi connectivity index (χ0n) is 59.4. The molecule has 1 saturated heterocycles. The normalized spacial score (nSPS) is 23.3. The van der Waals surface area contributed by atoms with Crippen LogP contribution in [0.2, 0.25) is 0 Å². The topological polar surface area (TPSA) is 544 Å². The fourth-order valence-electron chi connectivity index (χ4n) is 10.5. The first-order valence-electron chi connectivity index (χ1n) is 33.6. The van der Waals surface area contributed by atoms with Crippen molar-refractivity contribution >= 4 is 82.9 Å². The van der Waals surface area contributed by atoms with Crippen molar-refractivity contribution in [3.05, 3.63) is 71.8 Å². The molecule has 1 aliphatic rings. The molecule has 1 heterocycles. The van der Waals surface area contributed by atoms with Crippen molar-refractivity contribution in [2.75, 3.05) is 19.7 Å². The maximum absolute atomic E-state index is 15.7. The molecule has 22 N–H and O–H groups in total. The summed E-state index contributed by atoms with van der Waals surface area (Å²) in [7, 11) is 0. The van der Waals surface area contributed by atoms with Crippen LogP contribution >= 0.6 is 0 Å². The van der Waals surface area contributed by atoms with Gasteiger partial charge in [-0.05, 0) is 79.2 Å². The number of primary amides is 1. The van der Waals surface area contributed by atoms with E-state index < -0.39 is 210 Å². The summed E-state index contributed by atoms with van der Waals surface area (Å²) in [6.45, 7) is 16.9. The number of guanidine groups is 1. The summed E-state index contributed by atoms with van der Waals surface area (Å²) in [5.41, 5.74) is 10.9. The number of nitrogens with two attached hydrogens (primary N) is 2. The molecule has 2 aromatic carbocycles. The molecule has 0 spiro atoms. The molecule has 1 aliphatic heterocycles. The van der Waals surface area contributed by atoms with Gasteiger partial charge in [0.1, 0.15) is 67.0 Å². The first kappa shape index (κ1) is 85.7. The van der Waals surface area contributed by atoms with Gasteiger partial charge in [0.05, 0.1) is 31.4 Å². The van der Waals surface area contributed by atoms with E-state index in [-0.39, 0.29) is 57.2 Å². The Morgan fingerprint density at radius 2 is 1.17 bits per heavy atom. The van der Waals surface area contributed by atoms with Crippen molar-refractivity contribution in [3.8, 4) is 0 Å². The number of benzene rings is 2. The summed E-state index contributed by atoms with van der Waals surface area (Å²) >= 11 is 0. The van der Waals surface area contributed by atoms with Crippen LogP contribution in [0.25, 0.3) is 0 Å². The highest BCUT2D eigenvalue weighted by Crippen LogP contribution is 2.24. The number of carbonyl (C=O) groups excluding carboxylic acids is 13. The maximum Gasteiger partial charge on any atom is 0.408 e. The van der Waals surface area contributed by atoms with Gasteiger partial charge in [0, 0.05) is 6.54 Å². The summed E-state index contributed by atoms with van der Waals surface area (Å²) < 4.78 is 5.45. The number of carbonyl (C=O) groups is 13. The minimum Gasteiger partial charge on any atom is -0.445 e. The van der Waals surface area contributed by atoms with Gasteiger partial charge in [0.15, 0.2) is 12.1 Å². The molecule has 562 valence electrons. The molecule has 15 atom stereocenters. The second kappa shape index (κ2) is 41.3. The van der Waals surface area contributed by atoms with Gasteiger partial charge in [-0.1, -0.05) is 143 Å². The van der Waals surface area contributed by atoms with Crippen LogP contribution in [0.3, 0.4) is 0 Å². The van der Waals surface area contributed by atoms with Gasteiger partial charge in [-0.2, -0.15) is 0 Å². The fraction of sp³-hybridized carbons (Fsp3) is 0.612. The zero-order valence-corrected chi connectivity index (χ0v) is 59.4. The van der Waals surface area contributed by atoms with Gasteiger partial charge in [-0.15, -0.1) is 0 Å². The van der Waals surface area contributed by atoms with Gasteiger partial charge in [0.25, 0.3) is 0 Å². The number of ether oxygens (including phenoxy) is 1. The highest BCUT2D eigenvalue weighted by molar-refractivity contribution is 6.01. The average molecular weight is 1420 g/mol. The summed E-state index contributed by atoms with van der Waals surface area (Å²) in [5.74, 6) is -17.4. The molecule has 0 aromatic heterocycles. The predicted molar refractivity (Wildman–Crippen MR) is 368 cm³/mol. The van der Waals surface area contributed by atoms with Crippen molar-refractivity contribution < 1.29 is 87.5 Å². The second-order valence-electron chi connectivity index (χ2n) is 27.5. The SMILES string of the molecule is CC[C@H](C)[C@@H]1NC(=O)[C@@H](CCCNC(=N)N)NC(=O)[C@H](CC(C)C)NC(=O)[C@H]([C@H](O)C(C)C)NC(=O)[C@@H](NC(=O)[C@H](CC(C)C)NC(=O)[C@@H](CC(C)(C)C)NC(=O)OCc2ccccc2)[C@@H](c2ccccc2)NC(=O)[C@H](CO)NC(=O)[C@H]([C@H](O)C(N)=O)NC(=O)CNC(=O)[C@H]([C@H](C)O)NC1=O. The van der Waals surface area contributed by atoms with E-state index in [1.165, 1.54) is 44.2 Å². The third kappa shape index (κ3) is 28.9. The Balaban J connectivity index is 2.42. The lowest BCUT2D eigenvalue weighted by Gasteiger charge is -2.34. The standard InChI is InChI=1S/C67H106N16O18/c1-13-36(8)46-61(96)80-47(37(9)85)60(95)72-30-45(86)78-51(53(88)54(68)89)64(99)76-44(31-84)59(94)81-48(39-23-18-15-19-24-39)49(82-57(92)42(28-34(4)5)74-58(93)43(29-67(10,11)12)77-66(100)101-32-38-21-16-14-17-22-38)62(97)83-50(52(87)35(6)7)63(98)75-41(27-33(2)3)56(91)73-40(55(90)79-46)25-20-26-71-65(69)70/h14-19,21-24,33-37,40-44,46-53,84-85,87-88H,13,20,25-32H2,1-12H3,(H2,68,89)(H,72,95)(H,73,91)(H,74,93)(H,75,98)(H,76,99)(H,77,100)(H,78,86)(H,79,90)(H,80,96)(H,81,94)(H,82,92)(H,83,97)(H4,69,70,71)/t36-,37-,40+,41-,42-,43+,44-,46-,47-,48+,49-,50-,51-,52+,53-/m0/s1. The van der Waals surface area contributed by atoms with Crippen LogP contribution in [0, 0.1) is 34.5 Å².